The molecule has 50 heavy (non-hydrogen) atoms. The minimum atomic E-state index is 0.574. The second-order valence-electron chi connectivity index (χ2n) is 12.5. The Bertz CT molecular complexity index is 2800. The van der Waals surface area contributed by atoms with Crippen molar-refractivity contribution in [2.24, 2.45) is 0 Å². The van der Waals surface area contributed by atoms with E-state index in [4.69, 9.17) is 19.4 Å². The van der Waals surface area contributed by atoms with Gasteiger partial charge >= 0.3 is 0 Å². The van der Waals surface area contributed by atoms with Crippen LogP contribution in [0, 0.1) is 0 Å². The van der Waals surface area contributed by atoms with Crippen molar-refractivity contribution in [3.63, 3.8) is 0 Å². The molecule has 0 amide bonds. The first-order chi connectivity index (χ1) is 24.8. The van der Waals surface area contributed by atoms with Gasteiger partial charge in [0.15, 0.2) is 11.6 Å². The molecule has 0 radical (unpaired) electrons. The van der Waals surface area contributed by atoms with E-state index in [-0.39, 0.29) is 0 Å². The second kappa shape index (κ2) is 11.4. The van der Waals surface area contributed by atoms with Gasteiger partial charge in [0.1, 0.15) is 11.2 Å². The maximum absolute atomic E-state index is 6.56. The molecular weight excluding hydrogens is 613 g/mol. The highest BCUT2D eigenvalue weighted by atomic mass is 16.3. The lowest BCUT2D eigenvalue weighted by Crippen LogP contribution is -2.06. The molecule has 7 aromatic carbocycles. The van der Waals surface area contributed by atoms with Crippen LogP contribution in [0.5, 0.6) is 0 Å². The Hall–Kier alpha value is -6.85. The molecule has 0 aliphatic carbocycles. The molecule has 5 heteroatoms. The highest BCUT2D eigenvalue weighted by Gasteiger charge is 2.19. The van der Waals surface area contributed by atoms with E-state index < -0.39 is 0 Å². The molecule has 0 saturated carbocycles. The molecule has 0 saturated heterocycles. The van der Waals surface area contributed by atoms with Crippen molar-refractivity contribution in [2.75, 3.05) is 0 Å². The highest BCUT2D eigenvalue weighted by Crippen LogP contribution is 2.38. The third kappa shape index (κ3) is 4.60. The van der Waals surface area contributed by atoms with E-state index in [1.54, 1.807) is 0 Å². The molecule has 0 aliphatic heterocycles. The van der Waals surface area contributed by atoms with Crippen molar-refractivity contribution < 1.29 is 4.42 Å². The summed E-state index contributed by atoms with van der Waals surface area (Å²) in [5.74, 6) is 1.79. The molecule has 0 N–H and O–H groups in total. The largest absolute Gasteiger partial charge is 0.455 e. The molecule has 3 heterocycles. The van der Waals surface area contributed by atoms with E-state index in [9.17, 15) is 0 Å². The first-order valence-corrected chi connectivity index (χ1v) is 16.7. The number of hydrogen-bond acceptors (Lipinski definition) is 4. The lowest BCUT2D eigenvalue weighted by Gasteiger charge is -2.11. The average molecular weight is 641 g/mol. The van der Waals surface area contributed by atoms with Crippen LogP contribution in [0.4, 0.5) is 0 Å². The summed E-state index contributed by atoms with van der Waals surface area (Å²) in [5.41, 5.74) is 10.1. The standard InChI is InChI=1S/C45H28N4O/c1-3-12-29(13-4-1)30-22-24-31(25-23-30)34-18-11-19-37-38-28-33(26-27-41(38)50-42(34)37)44-46-43(32-14-5-2-6-15-32)47-45(48-44)49-39-20-9-7-16-35(39)36-17-8-10-21-40(36)49/h1-28H. The van der Waals surface area contributed by atoms with E-state index >= 15 is 0 Å². The minimum absolute atomic E-state index is 0.574. The fourth-order valence-electron chi connectivity index (χ4n) is 7.09. The molecule has 3 aromatic heterocycles. The summed E-state index contributed by atoms with van der Waals surface area (Å²) in [6, 6.07) is 58.6. The van der Waals surface area contributed by atoms with E-state index in [0.717, 1.165) is 66.0 Å². The van der Waals surface area contributed by atoms with Gasteiger partial charge in [-0.1, -0.05) is 140 Å². The summed E-state index contributed by atoms with van der Waals surface area (Å²) in [6.07, 6.45) is 0. The maximum atomic E-state index is 6.56. The van der Waals surface area contributed by atoms with Gasteiger partial charge in [-0.05, 0) is 47.0 Å². The van der Waals surface area contributed by atoms with Crippen LogP contribution in [0.3, 0.4) is 0 Å². The van der Waals surface area contributed by atoms with Crippen LogP contribution in [0.15, 0.2) is 174 Å². The second-order valence-corrected chi connectivity index (χ2v) is 12.5. The third-order valence-corrected chi connectivity index (χ3v) is 9.49. The molecule has 0 atom stereocenters. The molecule has 10 rings (SSSR count). The lowest BCUT2D eigenvalue weighted by atomic mass is 9.98. The predicted octanol–water partition coefficient (Wildman–Crippen LogP) is 11.5. The number of rotatable bonds is 5. The Morgan fingerprint density at radius 2 is 0.920 bits per heavy atom. The molecule has 10 aromatic rings. The van der Waals surface area contributed by atoms with Crippen LogP contribution in [0.25, 0.3) is 94.7 Å². The Labute approximate surface area is 287 Å². The SMILES string of the molecule is c1ccc(-c2ccc(-c3cccc4c3oc3ccc(-c5nc(-c6ccccc6)nc(-n6c7ccccc7c7ccccc76)n5)cc34)cc2)cc1. The Kier molecular flexibility index (Phi) is 6.42. The number of furan rings is 1. The van der Waals surface area contributed by atoms with Crippen molar-refractivity contribution in [3.8, 4) is 51.0 Å². The summed E-state index contributed by atoms with van der Waals surface area (Å²) in [6.45, 7) is 0. The molecule has 0 fully saturated rings. The van der Waals surface area contributed by atoms with Crippen molar-refractivity contribution in [2.45, 2.75) is 0 Å². The monoisotopic (exact) mass is 640 g/mol. The number of para-hydroxylation sites is 3. The summed E-state index contributed by atoms with van der Waals surface area (Å²) in [5, 5.41) is 4.37. The van der Waals surface area contributed by atoms with Crippen LogP contribution >= 0.6 is 0 Å². The van der Waals surface area contributed by atoms with Gasteiger partial charge in [-0.3, -0.25) is 4.57 Å². The molecule has 0 unspecified atom stereocenters. The quantitative estimate of drug-likeness (QED) is 0.188. The average Bonchev–Trinajstić information content (AvgIpc) is 3.74. The zero-order valence-corrected chi connectivity index (χ0v) is 26.9. The van der Waals surface area contributed by atoms with Gasteiger partial charge in [-0.25, -0.2) is 4.98 Å². The first kappa shape index (κ1) is 28.2. The van der Waals surface area contributed by atoms with Crippen molar-refractivity contribution in [1.82, 2.24) is 19.5 Å². The van der Waals surface area contributed by atoms with Crippen molar-refractivity contribution >= 4 is 43.7 Å². The van der Waals surface area contributed by atoms with E-state index in [1.165, 1.54) is 11.1 Å². The Balaban J connectivity index is 1.14. The van der Waals surface area contributed by atoms with E-state index in [2.05, 4.69) is 126 Å². The van der Waals surface area contributed by atoms with E-state index in [0.29, 0.717) is 17.6 Å². The normalized spacial score (nSPS) is 11.6. The summed E-state index contributed by atoms with van der Waals surface area (Å²) in [7, 11) is 0. The predicted molar refractivity (Wildman–Crippen MR) is 203 cm³/mol. The van der Waals surface area contributed by atoms with Gasteiger partial charge in [0.2, 0.25) is 5.95 Å². The number of fused-ring (bicyclic) bond motifs is 6. The van der Waals surface area contributed by atoms with Crippen molar-refractivity contribution in [1.29, 1.82) is 0 Å². The molecule has 0 aliphatic rings. The third-order valence-electron chi connectivity index (χ3n) is 9.49. The smallest absolute Gasteiger partial charge is 0.238 e. The molecule has 0 bridgehead atoms. The summed E-state index contributed by atoms with van der Waals surface area (Å²) < 4.78 is 8.70. The van der Waals surface area contributed by atoms with Crippen LogP contribution < -0.4 is 0 Å². The van der Waals surface area contributed by atoms with Gasteiger partial charge < -0.3 is 4.42 Å². The fourth-order valence-corrected chi connectivity index (χ4v) is 7.09. The molecule has 0 spiro atoms. The minimum Gasteiger partial charge on any atom is -0.455 e. The van der Waals surface area contributed by atoms with Crippen LogP contribution in [-0.4, -0.2) is 19.5 Å². The zero-order chi connectivity index (χ0) is 33.0. The number of nitrogens with zero attached hydrogens (tertiary/aromatic N) is 4. The van der Waals surface area contributed by atoms with Crippen LogP contribution in [-0.2, 0) is 0 Å². The molecular formula is C45H28N4O. The van der Waals surface area contributed by atoms with Gasteiger partial charge in [0.05, 0.1) is 11.0 Å². The maximum Gasteiger partial charge on any atom is 0.238 e. The van der Waals surface area contributed by atoms with Gasteiger partial charge in [0.25, 0.3) is 0 Å². The van der Waals surface area contributed by atoms with Gasteiger partial charge in [0, 0.05) is 38.2 Å². The number of aromatic nitrogens is 4. The Morgan fingerprint density at radius 3 is 1.62 bits per heavy atom. The topological polar surface area (TPSA) is 56.7 Å². The number of hydrogen-bond donors (Lipinski definition) is 0. The fraction of sp³-hybridized carbons (Fsp3) is 0. The summed E-state index contributed by atoms with van der Waals surface area (Å²) in [4.78, 5) is 15.3. The highest BCUT2D eigenvalue weighted by molar-refractivity contribution is 6.11. The molecule has 234 valence electrons. The first-order valence-electron chi connectivity index (χ1n) is 16.7. The van der Waals surface area contributed by atoms with Crippen LogP contribution in [0.2, 0.25) is 0 Å². The lowest BCUT2D eigenvalue weighted by molar-refractivity contribution is 0.670. The molecule has 5 nitrogen and oxygen atoms in total. The zero-order valence-electron chi connectivity index (χ0n) is 26.9. The van der Waals surface area contributed by atoms with E-state index in [1.807, 2.05) is 48.5 Å². The van der Waals surface area contributed by atoms with Gasteiger partial charge in [-0.15, -0.1) is 0 Å². The van der Waals surface area contributed by atoms with Crippen molar-refractivity contribution in [3.05, 3.63) is 170 Å². The summed E-state index contributed by atoms with van der Waals surface area (Å²) >= 11 is 0. The Morgan fingerprint density at radius 1 is 0.380 bits per heavy atom. The van der Waals surface area contributed by atoms with Crippen LogP contribution in [0.1, 0.15) is 0 Å². The van der Waals surface area contributed by atoms with Gasteiger partial charge in [-0.2, -0.15) is 9.97 Å². The number of benzene rings is 7.